The quantitative estimate of drug-likeness (QED) is 0.129. The number of nitrogen functional groups attached to an aromatic ring is 1. The number of anilines is 2. The van der Waals surface area contributed by atoms with Gasteiger partial charge in [-0.3, -0.25) is 9.48 Å². The normalized spacial score (nSPS) is 16.1. The van der Waals surface area contributed by atoms with Gasteiger partial charge in [0.15, 0.2) is 5.82 Å². The molecule has 5 aromatic rings. The van der Waals surface area contributed by atoms with Gasteiger partial charge in [-0.15, -0.1) is 22.9 Å². The van der Waals surface area contributed by atoms with E-state index in [-0.39, 0.29) is 39.8 Å². The fourth-order valence-electron chi connectivity index (χ4n) is 5.02. The molecule has 0 bridgehead atoms. The molecule has 1 unspecified atom stereocenters. The predicted octanol–water partition coefficient (Wildman–Crippen LogP) is 6.60. The molecule has 1 amide bonds. The highest BCUT2D eigenvalue weighted by molar-refractivity contribution is 7.10. The molecule has 6 rings (SSSR count). The molecule has 0 fully saturated rings. The summed E-state index contributed by atoms with van der Waals surface area (Å²) in [6.07, 6.45) is -5.76. The summed E-state index contributed by atoms with van der Waals surface area (Å²) in [5, 5.41) is 18.7. The molecule has 0 aliphatic carbocycles. The van der Waals surface area contributed by atoms with E-state index >= 15 is 0 Å². The number of carboxylic acids is 1. The number of aromatic nitrogens is 5. The number of alkyl halides is 6. The van der Waals surface area contributed by atoms with Gasteiger partial charge < -0.3 is 16.2 Å². The number of nitrogens with two attached hydrogens (primary N) is 1. The maximum atomic E-state index is 13.7. The predicted molar refractivity (Wildman–Crippen MR) is 162 cm³/mol. The van der Waals surface area contributed by atoms with Crippen molar-refractivity contribution >= 4 is 57.4 Å². The molecule has 2 aromatic carbocycles. The number of para-hydroxylation sites is 1. The van der Waals surface area contributed by atoms with Crippen LogP contribution >= 0.6 is 22.9 Å². The second-order valence-corrected chi connectivity index (χ2v) is 11.1. The fraction of sp³-hybridized carbons (Fsp3) is 0.241. The number of benzene rings is 2. The van der Waals surface area contributed by atoms with Crippen LogP contribution in [0.3, 0.4) is 0 Å². The number of carboxylic acid groups (broad SMARTS) is 1. The van der Waals surface area contributed by atoms with Crippen LogP contribution in [0.25, 0.3) is 33.7 Å². The summed E-state index contributed by atoms with van der Waals surface area (Å²) in [5.74, 6) is -6.64. The number of amides is 1. The van der Waals surface area contributed by atoms with E-state index in [9.17, 15) is 36.6 Å². The van der Waals surface area contributed by atoms with E-state index in [1.807, 2.05) is 0 Å². The SMILES string of the molecule is CC1(c2nc(-c3cccc(C(=O)O)c3)cs2)C(=O)Nc2nc(-c3nn(CCC(F)(F)C(F)(F)F)c4ccccc34)nc(N)c21.CCl. The van der Waals surface area contributed by atoms with E-state index in [1.165, 1.54) is 24.6 Å². The van der Waals surface area contributed by atoms with Gasteiger partial charge in [-0.05, 0) is 25.1 Å². The molecule has 0 spiro atoms. The topological polar surface area (TPSA) is 149 Å². The molecule has 240 valence electrons. The van der Waals surface area contributed by atoms with E-state index in [0.717, 1.165) is 16.0 Å². The van der Waals surface area contributed by atoms with E-state index in [0.29, 0.717) is 21.7 Å². The Morgan fingerprint density at radius 3 is 2.50 bits per heavy atom. The molecule has 1 atom stereocenters. The molecule has 4 heterocycles. The van der Waals surface area contributed by atoms with Crippen molar-refractivity contribution < 1.29 is 36.6 Å². The number of hydrogen-bond acceptors (Lipinski definition) is 8. The molecule has 46 heavy (non-hydrogen) atoms. The van der Waals surface area contributed by atoms with Crippen molar-refractivity contribution in [3.05, 3.63) is 70.0 Å². The van der Waals surface area contributed by atoms with Crippen LogP contribution in [-0.2, 0) is 16.8 Å². The number of nitrogens with one attached hydrogen (secondary N) is 1. The smallest absolute Gasteiger partial charge is 0.453 e. The molecule has 10 nitrogen and oxygen atoms in total. The molecule has 3 aromatic heterocycles. The van der Waals surface area contributed by atoms with Crippen LogP contribution in [0.4, 0.5) is 33.6 Å². The first-order valence-corrected chi connectivity index (χ1v) is 14.9. The average Bonchev–Trinajstić information content (AvgIpc) is 3.72. The molecule has 1 aliphatic heterocycles. The summed E-state index contributed by atoms with van der Waals surface area (Å²) in [7, 11) is 0. The zero-order valence-electron chi connectivity index (χ0n) is 23.9. The molecular formula is C29H23ClF5N7O3S. The number of nitrogens with zero attached hydrogens (tertiary/aromatic N) is 5. The van der Waals surface area contributed by atoms with Crippen LogP contribution in [-0.4, -0.2) is 60.2 Å². The number of aryl methyl sites for hydroxylation is 1. The van der Waals surface area contributed by atoms with E-state index in [2.05, 4.69) is 37.0 Å². The number of fused-ring (bicyclic) bond motifs is 2. The van der Waals surface area contributed by atoms with Gasteiger partial charge >= 0.3 is 18.1 Å². The van der Waals surface area contributed by atoms with Gasteiger partial charge in [0.2, 0.25) is 5.91 Å². The number of aromatic carboxylic acids is 1. The molecule has 4 N–H and O–H groups in total. The Morgan fingerprint density at radius 1 is 1.09 bits per heavy atom. The minimum Gasteiger partial charge on any atom is -0.478 e. The summed E-state index contributed by atoms with van der Waals surface area (Å²) < 4.78 is 66.7. The Hall–Kier alpha value is -4.70. The zero-order chi connectivity index (χ0) is 33.6. The molecular weight excluding hydrogens is 657 g/mol. The van der Waals surface area contributed by atoms with E-state index < -0.39 is 42.4 Å². The molecule has 0 saturated carbocycles. The molecule has 1 aliphatic rings. The number of hydrogen-bond donors (Lipinski definition) is 3. The lowest BCUT2D eigenvalue weighted by Crippen LogP contribution is -2.37. The molecule has 0 radical (unpaired) electrons. The first kappa shape index (κ1) is 32.7. The minimum absolute atomic E-state index is 0.0619. The number of carbonyl (C=O) groups is 2. The van der Waals surface area contributed by atoms with Crippen molar-refractivity contribution in [1.29, 1.82) is 0 Å². The van der Waals surface area contributed by atoms with Crippen molar-refractivity contribution in [2.24, 2.45) is 0 Å². The third-order valence-corrected chi connectivity index (χ3v) is 8.45. The number of thiazole rings is 1. The van der Waals surface area contributed by atoms with Crippen molar-refractivity contribution in [2.45, 2.75) is 37.4 Å². The van der Waals surface area contributed by atoms with Crippen LogP contribution < -0.4 is 11.1 Å². The van der Waals surface area contributed by atoms with E-state index in [1.54, 1.807) is 42.6 Å². The Bertz CT molecular complexity index is 1980. The highest BCUT2D eigenvalue weighted by Gasteiger charge is 2.57. The largest absolute Gasteiger partial charge is 0.478 e. The third kappa shape index (κ3) is 5.51. The Morgan fingerprint density at radius 2 is 1.80 bits per heavy atom. The van der Waals surface area contributed by atoms with Crippen LogP contribution in [0.1, 0.15) is 34.3 Å². The lowest BCUT2D eigenvalue weighted by Gasteiger charge is -2.20. The zero-order valence-corrected chi connectivity index (χ0v) is 25.4. The first-order chi connectivity index (χ1) is 21.7. The highest BCUT2D eigenvalue weighted by Crippen LogP contribution is 2.47. The lowest BCUT2D eigenvalue weighted by atomic mass is 9.85. The van der Waals surface area contributed by atoms with Gasteiger partial charge in [0.25, 0.3) is 0 Å². The monoisotopic (exact) mass is 679 g/mol. The second-order valence-electron chi connectivity index (χ2n) is 10.2. The number of rotatable bonds is 7. The van der Waals surface area contributed by atoms with Crippen LogP contribution in [0, 0.1) is 0 Å². The highest BCUT2D eigenvalue weighted by atomic mass is 35.5. The van der Waals surface area contributed by atoms with Crippen LogP contribution in [0.5, 0.6) is 0 Å². The molecule has 17 heteroatoms. The average molecular weight is 680 g/mol. The van der Waals surface area contributed by atoms with Gasteiger partial charge in [0.05, 0.1) is 22.3 Å². The Kier molecular flexibility index (Phi) is 8.46. The number of carbonyl (C=O) groups excluding carboxylic acids is 1. The fourth-order valence-corrected chi connectivity index (χ4v) is 6.01. The first-order valence-electron chi connectivity index (χ1n) is 13.3. The standard InChI is InChI=1S/C28H20F5N7O3S.CH3Cl/c1-26(25-35-16(12-44-25)13-5-4-6-14(11-13)23(41)42)18-20(34)36-22(37-21(18)38-24(26)43)19-15-7-2-3-8-17(15)40(39-19)10-9-27(29,30)28(31,32)33;1-2/h2-8,11-12H,9-10H2,1H3,(H,41,42)(H3,34,36,37,38,43);1H3. The van der Waals surface area contributed by atoms with Gasteiger partial charge in [-0.1, -0.05) is 30.3 Å². The summed E-state index contributed by atoms with van der Waals surface area (Å²) in [5.41, 5.74) is 6.59. The van der Waals surface area contributed by atoms with E-state index in [4.69, 9.17) is 5.73 Å². The number of halogens is 6. The summed E-state index contributed by atoms with van der Waals surface area (Å²) in [6, 6.07) is 12.5. The maximum Gasteiger partial charge on any atom is 0.453 e. The van der Waals surface area contributed by atoms with Crippen molar-refractivity contribution in [3.63, 3.8) is 0 Å². The lowest BCUT2D eigenvalue weighted by molar-refractivity contribution is -0.285. The summed E-state index contributed by atoms with van der Waals surface area (Å²) in [6.45, 7) is 0.846. The molecule has 0 saturated heterocycles. The summed E-state index contributed by atoms with van der Waals surface area (Å²) >= 11 is 5.80. The van der Waals surface area contributed by atoms with Crippen molar-refractivity contribution in [2.75, 3.05) is 17.4 Å². The van der Waals surface area contributed by atoms with Crippen LogP contribution in [0.2, 0.25) is 0 Å². The van der Waals surface area contributed by atoms with Gasteiger partial charge in [-0.25, -0.2) is 19.7 Å². The minimum atomic E-state index is -5.71. The van der Waals surface area contributed by atoms with Gasteiger partial charge in [0.1, 0.15) is 27.8 Å². The van der Waals surface area contributed by atoms with Crippen molar-refractivity contribution in [1.82, 2.24) is 24.7 Å². The summed E-state index contributed by atoms with van der Waals surface area (Å²) in [4.78, 5) is 38.2. The maximum absolute atomic E-state index is 13.7. The van der Waals surface area contributed by atoms with Crippen molar-refractivity contribution in [3.8, 4) is 22.8 Å². The Labute approximate surface area is 266 Å². The van der Waals surface area contributed by atoms with Crippen LogP contribution in [0.15, 0.2) is 53.9 Å². The second kappa shape index (κ2) is 11.9. The van der Waals surface area contributed by atoms with Gasteiger partial charge in [0, 0.05) is 35.7 Å². The van der Waals surface area contributed by atoms with Gasteiger partial charge in [-0.2, -0.15) is 27.1 Å². The Balaban J connectivity index is 0.00000204. The third-order valence-electron chi connectivity index (χ3n) is 7.38.